The molecule has 0 heterocycles. The first kappa shape index (κ1) is 15.1. The lowest BCUT2D eigenvalue weighted by Crippen LogP contribution is -2.29. The van der Waals surface area contributed by atoms with E-state index in [1.807, 2.05) is 0 Å². The summed E-state index contributed by atoms with van der Waals surface area (Å²) in [6.45, 7) is 1.08. The summed E-state index contributed by atoms with van der Waals surface area (Å²) in [6, 6.07) is -0.0259. The van der Waals surface area contributed by atoms with E-state index in [1.165, 1.54) is 6.92 Å². The van der Waals surface area contributed by atoms with Crippen molar-refractivity contribution >= 4 is 11.8 Å². The molecular formula is C11H7F5O3. The summed E-state index contributed by atoms with van der Waals surface area (Å²) in [5, 5.41) is 0. The topological polar surface area (TPSA) is 43.4 Å². The maximum Gasteiger partial charge on any atom is 0.349 e. The van der Waals surface area contributed by atoms with Gasteiger partial charge in [0.15, 0.2) is 23.3 Å². The zero-order valence-electron chi connectivity index (χ0n) is 9.48. The largest absolute Gasteiger partial charge is 0.463 e. The van der Waals surface area contributed by atoms with Crippen molar-refractivity contribution in [2.45, 2.75) is 13.1 Å². The molecule has 0 saturated carbocycles. The summed E-state index contributed by atoms with van der Waals surface area (Å²) in [5.74, 6) is -11.8. The molecule has 8 heteroatoms. The molecule has 3 nitrogen and oxygen atoms in total. The number of carbonyl (C=O) groups excluding carboxylic acids is 2. The normalized spacial score (nSPS) is 12.1. The smallest absolute Gasteiger partial charge is 0.349 e. The van der Waals surface area contributed by atoms with Gasteiger partial charge in [-0.1, -0.05) is 0 Å². The zero-order chi connectivity index (χ0) is 14.7. The second kappa shape index (κ2) is 5.77. The van der Waals surface area contributed by atoms with E-state index in [2.05, 4.69) is 4.74 Å². The molecule has 19 heavy (non-hydrogen) atoms. The Bertz CT molecular complexity index is 530. The Balaban J connectivity index is 3.17. The SMILES string of the molecule is CCOC(=O)[C@H](F)C(=O)c1cc(F)c(F)c(F)c1F. The Morgan fingerprint density at radius 1 is 1.16 bits per heavy atom. The molecular weight excluding hydrogens is 275 g/mol. The van der Waals surface area contributed by atoms with Crippen LogP contribution in [0, 0.1) is 23.3 Å². The van der Waals surface area contributed by atoms with E-state index in [1.54, 1.807) is 0 Å². The van der Waals surface area contributed by atoms with Crippen LogP contribution in [0.15, 0.2) is 6.07 Å². The first-order chi connectivity index (χ1) is 8.81. The Morgan fingerprint density at radius 3 is 2.26 bits per heavy atom. The lowest BCUT2D eigenvalue weighted by Gasteiger charge is -2.08. The van der Waals surface area contributed by atoms with Crippen LogP contribution in [0.4, 0.5) is 22.0 Å². The second-order valence-electron chi connectivity index (χ2n) is 3.33. The molecule has 0 radical (unpaired) electrons. The number of Topliss-reactive ketones (excluding diaryl/α,β-unsaturated/α-hetero) is 1. The van der Waals surface area contributed by atoms with Gasteiger partial charge in [0, 0.05) is 0 Å². The van der Waals surface area contributed by atoms with Crippen LogP contribution in [0.3, 0.4) is 0 Å². The summed E-state index contributed by atoms with van der Waals surface area (Å²) >= 11 is 0. The third kappa shape index (κ3) is 2.88. The van der Waals surface area contributed by atoms with Gasteiger partial charge in [0.25, 0.3) is 6.17 Å². The number of halogens is 5. The molecule has 0 aliphatic carbocycles. The van der Waals surface area contributed by atoms with Crippen LogP contribution in [0.25, 0.3) is 0 Å². The van der Waals surface area contributed by atoms with E-state index in [9.17, 15) is 31.5 Å². The number of carbonyl (C=O) groups is 2. The van der Waals surface area contributed by atoms with Crippen molar-refractivity contribution in [3.63, 3.8) is 0 Å². The average molecular weight is 282 g/mol. The minimum absolute atomic E-state index is 0.0259. The fraction of sp³-hybridized carbons (Fsp3) is 0.273. The molecule has 0 fully saturated rings. The summed E-state index contributed by atoms with van der Waals surface area (Å²) < 4.78 is 68.9. The van der Waals surface area contributed by atoms with Crippen molar-refractivity contribution < 1.29 is 36.3 Å². The van der Waals surface area contributed by atoms with Gasteiger partial charge in [0.2, 0.25) is 5.78 Å². The highest BCUT2D eigenvalue weighted by Crippen LogP contribution is 2.20. The van der Waals surface area contributed by atoms with Crippen molar-refractivity contribution in [2.24, 2.45) is 0 Å². The van der Waals surface area contributed by atoms with E-state index in [-0.39, 0.29) is 12.7 Å². The fourth-order valence-corrected chi connectivity index (χ4v) is 1.21. The maximum absolute atomic E-state index is 13.3. The predicted molar refractivity (Wildman–Crippen MR) is 52.1 cm³/mol. The van der Waals surface area contributed by atoms with Crippen LogP contribution in [-0.4, -0.2) is 24.5 Å². The third-order valence-electron chi connectivity index (χ3n) is 2.09. The average Bonchev–Trinajstić information content (AvgIpc) is 2.39. The second-order valence-corrected chi connectivity index (χ2v) is 3.33. The Morgan fingerprint density at radius 2 is 1.74 bits per heavy atom. The van der Waals surface area contributed by atoms with Crippen molar-refractivity contribution in [2.75, 3.05) is 6.61 Å². The molecule has 1 aromatic carbocycles. The molecule has 0 unspecified atom stereocenters. The lowest BCUT2D eigenvalue weighted by atomic mass is 10.1. The van der Waals surface area contributed by atoms with E-state index in [0.29, 0.717) is 0 Å². The maximum atomic E-state index is 13.3. The summed E-state index contributed by atoms with van der Waals surface area (Å²) in [6.07, 6.45) is -2.95. The number of benzene rings is 1. The van der Waals surface area contributed by atoms with Gasteiger partial charge < -0.3 is 4.74 Å². The van der Waals surface area contributed by atoms with Crippen LogP contribution in [0.1, 0.15) is 17.3 Å². The number of ether oxygens (including phenoxy) is 1. The molecule has 0 bridgehead atoms. The van der Waals surface area contributed by atoms with E-state index in [4.69, 9.17) is 0 Å². The highest BCUT2D eigenvalue weighted by molar-refractivity contribution is 6.11. The minimum atomic E-state index is -2.95. The van der Waals surface area contributed by atoms with Crippen LogP contribution >= 0.6 is 0 Å². The summed E-state index contributed by atoms with van der Waals surface area (Å²) in [5.41, 5.74) is -1.41. The van der Waals surface area contributed by atoms with Crippen molar-refractivity contribution in [3.05, 3.63) is 34.9 Å². The molecule has 0 saturated heterocycles. The van der Waals surface area contributed by atoms with Gasteiger partial charge in [-0.3, -0.25) is 4.79 Å². The molecule has 0 aliphatic heterocycles. The molecule has 0 spiro atoms. The molecule has 0 N–H and O–H groups in total. The van der Waals surface area contributed by atoms with Crippen LogP contribution in [-0.2, 0) is 9.53 Å². The van der Waals surface area contributed by atoms with Gasteiger partial charge in [-0.2, -0.15) is 0 Å². The molecule has 1 atom stereocenters. The molecule has 1 rings (SSSR count). The van der Waals surface area contributed by atoms with Crippen molar-refractivity contribution in [1.82, 2.24) is 0 Å². The van der Waals surface area contributed by atoms with Crippen LogP contribution in [0.2, 0.25) is 0 Å². The van der Waals surface area contributed by atoms with Crippen molar-refractivity contribution in [3.8, 4) is 0 Å². The quantitative estimate of drug-likeness (QED) is 0.212. The number of esters is 1. The standard InChI is InChI=1S/C11H7F5O3/c1-2-19-11(18)9(16)10(17)4-3-5(12)7(14)8(15)6(4)13/h3,9H,2H2,1H3/t9-/m1/s1. The number of ketones is 1. The van der Waals surface area contributed by atoms with Gasteiger partial charge in [-0.25, -0.2) is 26.7 Å². The predicted octanol–water partition coefficient (Wildman–Crippen LogP) is 2.33. The Hall–Kier alpha value is -1.99. The van der Waals surface area contributed by atoms with E-state index >= 15 is 0 Å². The molecule has 0 amide bonds. The van der Waals surface area contributed by atoms with Gasteiger partial charge in [0.1, 0.15) is 0 Å². The van der Waals surface area contributed by atoms with Gasteiger partial charge in [-0.15, -0.1) is 0 Å². The molecule has 104 valence electrons. The van der Waals surface area contributed by atoms with E-state index in [0.717, 1.165) is 0 Å². The van der Waals surface area contributed by atoms with Gasteiger partial charge in [-0.05, 0) is 13.0 Å². The van der Waals surface area contributed by atoms with Gasteiger partial charge >= 0.3 is 5.97 Å². The van der Waals surface area contributed by atoms with Crippen LogP contribution < -0.4 is 0 Å². The summed E-state index contributed by atoms with van der Waals surface area (Å²) in [4.78, 5) is 22.2. The number of hydrogen-bond acceptors (Lipinski definition) is 3. The minimum Gasteiger partial charge on any atom is -0.463 e. The first-order valence-corrected chi connectivity index (χ1v) is 4.99. The number of hydrogen-bond donors (Lipinski definition) is 0. The fourth-order valence-electron chi connectivity index (χ4n) is 1.21. The molecule has 0 aliphatic rings. The zero-order valence-corrected chi connectivity index (χ0v) is 9.48. The number of alkyl halides is 1. The Kier molecular flexibility index (Phi) is 4.57. The van der Waals surface area contributed by atoms with Gasteiger partial charge in [0.05, 0.1) is 12.2 Å². The van der Waals surface area contributed by atoms with Crippen LogP contribution in [0.5, 0.6) is 0 Å². The molecule has 1 aromatic rings. The highest BCUT2D eigenvalue weighted by atomic mass is 19.2. The highest BCUT2D eigenvalue weighted by Gasteiger charge is 2.33. The first-order valence-electron chi connectivity index (χ1n) is 4.99. The van der Waals surface area contributed by atoms with E-state index < -0.39 is 46.8 Å². The molecule has 0 aromatic heterocycles. The lowest BCUT2D eigenvalue weighted by molar-refractivity contribution is -0.147. The number of rotatable bonds is 4. The monoisotopic (exact) mass is 282 g/mol. The Labute approximate surface area is 104 Å². The third-order valence-corrected chi connectivity index (χ3v) is 2.09. The summed E-state index contributed by atoms with van der Waals surface area (Å²) in [7, 11) is 0. The van der Waals surface area contributed by atoms with Crippen molar-refractivity contribution in [1.29, 1.82) is 0 Å².